The molecule has 0 radical (unpaired) electrons. The smallest absolute Gasteiger partial charge is 0.160 e. The number of aryl methyl sites for hydroxylation is 1. The highest BCUT2D eigenvalue weighted by Gasteiger charge is 2.15. The first-order chi connectivity index (χ1) is 11.8. The fourth-order valence-corrected chi connectivity index (χ4v) is 3.01. The Bertz CT molecular complexity index is 820. The second-order valence-electron chi connectivity index (χ2n) is 5.98. The molecule has 4 rings (SSSR count). The monoisotopic (exact) mass is 395 g/mol. The maximum absolute atomic E-state index is 4.70. The Labute approximate surface area is 165 Å². The van der Waals surface area contributed by atoms with Crippen molar-refractivity contribution < 1.29 is 0 Å². The normalized spacial score (nSPS) is 12.7. The Kier molecular flexibility index (Phi) is 7.02. The average molecular weight is 396 g/mol. The van der Waals surface area contributed by atoms with Crippen LogP contribution in [-0.4, -0.2) is 37.4 Å². The highest BCUT2D eigenvalue weighted by molar-refractivity contribution is 5.85. The van der Waals surface area contributed by atoms with E-state index in [1.54, 1.807) is 0 Å². The molecule has 1 aliphatic rings. The number of halogens is 2. The van der Waals surface area contributed by atoms with Crippen LogP contribution in [0.3, 0.4) is 0 Å². The summed E-state index contributed by atoms with van der Waals surface area (Å²) in [5, 5.41) is 11.5. The predicted molar refractivity (Wildman–Crippen MR) is 107 cm³/mol. The van der Waals surface area contributed by atoms with Crippen LogP contribution in [-0.2, 0) is 19.6 Å². The molecule has 26 heavy (non-hydrogen) atoms. The molecule has 0 atom stereocenters. The molecule has 3 aromatic rings. The van der Waals surface area contributed by atoms with Crippen LogP contribution >= 0.6 is 24.8 Å². The van der Waals surface area contributed by atoms with Gasteiger partial charge in [0.05, 0.1) is 12.2 Å². The molecule has 0 amide bonds. The molecule has 7 nitrogen and oxygen atoms in total. The minimum atomic E-state index is 0. The Morgan fingerprint density at radius 1 is 1.27 bits per heavy atom. The van der Waals surface area contributed by atoms with Crippen LogP contribution in [0, 0.1) is 6.92 Å². The van der Waals surface area contributed by atoms with Crippen LogP contribution < -0.4 is 10.6 Å². The summed E-state index contributed by atoms with van der Waals surface area (Å²) in [6.45, 7) is 6.47. The second-order valence-corrected chi connectivity index (χ2v) is 5.98. The van der Waals surface area contributed by atoms with Crippen LogP contribution in [0.4, 0.5) is 5.69 Å². The minimum absolute atomic E-state index is 0. The molecule has 140 valence electrons. The molecule has 2 N–H and O–H groups in total. The first-order valence-corrected chi connectivity index (χ1v) is 8.25. The van der Waals surface area contributed by atoms with E-state index in [2.05, 4.69) is 42.8 Å². The first kappa shape index (κ1) is 20.2. The summed E-state index contributed by atoms with van der Waals surface area (Å²) < 4.78 is 4.22. The van der Waals surface area contributed by atoms with Gasteiger partial charge < -0.3 is 15.2 Å². The Hall–Kier alpha value is -2.09. The van der Waals surface area contributed by atoms with Crippen molar-refractivity contribution in [3.8, 4) is 11.5 Å². The van der Waals surface area contributed by atoms with Gasteiger partial charge in [0.15, 0.2) is 5.82 Å². The molecule has 0 saturated heterocycles. The van der Waals surface area contributed by atoms with E-state index in [9.17, 15) is 0 Å². The lowest BCUT2D eigenvalue weighted by Crippen LogP contribution is -2.28. The number of hydrogen-bond acceptors (Lipinski definition) is 5. The van der Waals surface area contributed by atoms with Crippen molar-refractivity contribution in [2.75, 3.05) is 18.4 Å². The molecule has 0 saturated carbocycles. The van der Waals surface area contributed by atoms with Crippen LogP contribution in [0.25, 0.3) is 11.5 Å². The molecule has 4 heterocycles. The van der Waals surface area contributed by atoms with Crippen molar-refractivity contribution >= 4 is 30.5 Å². The third kappa shape index (κ3) is 4.17. The third-order valence-corrected chi connectivity index (χ3v) is 4.30. The molecule has 0 fully saturated rings. The molecule has 0 aromatic carbocycles. The van der Waals surface area contributed by atoms with Gasteiger partial charge in [0.1, 0.15) is 5.69 Å². The van der Waals surface area contributed by atoms with Gasteiger partial charge in [-0.2, -0.15) is 5.10 Å². The first-order valence-electron chi connectivity index (χ1n) is 8.25. The van der Waals surface area contributed by atoms with Gasteiger partial charge in [-0.25, -0.2) is 4.98 Å². The van der Waals surface area contributed by atoms with Gasteiger partial charge in [-0.05, 0) is 24.6 Å². The lowest BCUT2D eigenvalue weighted by molar-refractivity contribution is 0.476. The van der Waals surface area contributed by atoms with E-state index < -0.39 is 0 Å². The molecule has 0 unspecified atom stereocenters. The van der Waals surface area contributed by atoms with E-state index in [4.69, 9.17) is 5.10 Å². The standard InChI is InChI=1S/C17H21N7.2ClH/c1-13-11-18-3-2-15(13)20-5-7-23-8-6-21-17(23)16-10-14-12-19-4-9-24(14)22-16;;/h2-3,6,8,10-11,19H,4-5,7,9,12H2,1H3,(H,18,20);2*1H. The van der Waals surface area contributed by atoms with Crippen molar-refractivity contribution in [3.05, 3.63) is 48.2 Å². The zero-order valence-electron chi connectivity index (χ0n) is 14.6. The van der Waals surface area contributed by atoms with Gasteiger partial charge in [0, 0.05) is 56.7 Å². The van der Waals surface area contributed by atoms with Gasteiger partial charge in [0.2, 0.25) is 0 Å². The number of rotatable bonds is 5. The maximum atomic E-state index is 4.70. The molecular formula is C17H23Cl2N7. The van der Waals surface area contributed by atoms with E-state index in [1.165, 1.54) is 5.69 Å². The minimum Gasteiger partial charge on any atom is -0.383 e. The number of pyridine rings is 1. The molecule has 9 heteroatoms. The Morgan fingerprint density at radius 3 is 2.96 bits per heavy atom. The zero-order valence-corrected chi connectivity index (χ0v) is 16.2. The predicted octanol–water partition coefficient (Wildman–Crippen LogP) is 2.51. The van der Waals surface area contributed by atoms with Crippen LogP contribution in [0.2, 0.25) is 0 Å². The number of nitrogens with zero attached hydrogens (tertiary/aromatic N) is 5. The van der Waals surface area contributed by atoms with Gasteiger partial charge in [-0.3, -0.25) is 9.67 Å². The summed E-state index contributed by atoms with van der Waals surface area (Å²) in [4.78, 5) is 8.62. The molecule has 1 aliphatic heterocycles. The number of imidazole rings is 1. The summed E-state index contributed by atoms with van der Waals surface area (Å²) in [5.41, 5.74) is 4.43. The van der Waals surface area contributed by atoms with E-state index in [-0.39, 0.29) is 24.8 Å². The SMILES string of the molecule is Cc1cnccc1NCCn1ccnc1-c1cc2n(n1)CCNC2.Cl.Cl. The van der Waals surface area contributed by atoms with Gasteiger partial charge in [0.25, 0.3) is 0 Å². The van der Waals surface area contributed by atoms with E-state index in [0.717, 1.165) is 55.5 Å². The number of hydrogen-bond donors (Lipinski definition) is 2. The Morgan fingerprint density at radius 2 is 2.15 bits per heavy atom. The summed E-state index contributed by atoms with van der Waals surface area (Å²) in [7, 11) is 0. The lowest BCUT2D eigenvalue weighted by atomic mass is 10.2. The van der Waals surface area contributed by atoms with Crippen LogP contribution in [0.15, 0.2) is 36.9 Å². The second kappa shape index (κ2) is 9.02. The molecule has 3 aromatic heterocycles. The summed E-state index contributed by atoms with van der Waals surface area (Å²) in [6, 6.07) is 4.13. The average Bonchev–Trinajstić information content (AvgIpc) is 3.22. The summed E-state index contributed by atoms with van der Waals surface area (Å²) >= 11 is 0. The van der Waals surface area contributed by atoms with Gasteiger partial charge in [-0.1, -0.05) is 0 Å². The topological polar surface area (TPSA) is 72.6 Å². The molecule has 0 bridgehead atoms. The largest absolute Gasteiger partial charge is 0.383 e. The fourth-order valence-electron chi connectivity index (χ4n) is 3.01. The maximum Gasteiger partial charge on any atom is 0.160 e. The highest BCUT2D eigenvalue weighted by atomic mass is 35.5. The van der Waals surface area contributed by atoms with E-state index >= 15 is 0 Å². The van der Waals surface area contributed by atoms with Crippen molar-refractivity contribution in [3.63, 3.8) is 0 Å². The summed E-state index contributed by atoms with van der Waals surface area (Å²) in [6.07, 6.45) is 7.52. The van der Waals surface area contributed by atoms with Crippen molar-refractivity contribution in [1.29, 1.82) is 0 Å². The van der Waals surface area contributed by atoms with Gasteiger partial charge in [-0.15, -0.1) is 24.8 Å². The highest BCUT2D eigenvalue weighted by Crippen LogP contribution is 2.19. The van der Waals surface area contributed by atoms with Crippen molar-refractivity contribution in [2.24, 2.45) is 0 Å². The molecule has 0 aliphatic carbocycles. The summed E-state index contributed by atoms with van der Waals surface area (Å²) in [5.74, 6) is 0.921. The molecule has 0 spiro atoms. The number of anilines is 1. The van der Waals surface area contributed by atoms with Crippen LogP contribution in [0.1, 0.15) is 11.3 Å². The zero-order chi connectivity index (χ0) is 16.4. The third-order valence-electron chi connectivity index (χ3n) is 4.30. The van der Waals surface area contributed by atoms with Crippen molar-refractivity contribution in [1.82, 2.24) is 29.6 Å². The molecular weight excluding hydrogens is 373 g/mol. The fraction of sp³-hybridized carbons (Fsp3) is 0.353. The number of fused-ring (bicyclic) bond motifs is 1. The van der Waals surface area contributed by atoms with Gasteiger partial charge >= 0.3 is 0 Å². The lowest BCUT2D eigenvalue weighted by Gasteiger charge is -2.13. The van der Waals surface area contributed by atoms with E-state index in [0.29, 0.717) is 0 Å². The number of aromatic nitrogens is 5. The van der Waals surface area contributed by atoms with Crippen molar-refractivity contribution in [2.45, 2.75) is 26.6 Å². The van der Waals surface area contributed by atoms with Crippen LogP contribution in [0.5, 0.6) is 0 Å². The number of nitrogens with one attached hydrogen (secondary N) is 2. The van der Waals surface area contributed by atoms with E-state index in [1.807, 2.05) is 30.9 Å². The quantitative estimate of drug-likeness (QED) is 0.694. The Balaban J connectivity index is 0.00000121.